The van der Waals surface area contributed by atoms with Crippen LogP contribution < -0.4 is 10.6 Å². The van der Waals surface area contributed by atoms with Gasteiger partial charge in [0.25, 0.3) is 5.91 Å². The molecule has 6 nitrogen and oxygen atoms in total. The highest BCUT2D eigenvalue weighted by Crippen LogP contribution is 2.23. The largest absolute Gasteiger partial charge is 0.467 e. The number of para-hydroxylation sites is 1. The first-order valence-corrected chi connectivity index (χ1v) is 9.51. The molecule has 0 aliphatic carbocycles. The summed E-state index contributed by atoms with van der Waals surface area (Å²) in [6.45, 7) is 0.0490. The monoisotopic (exact) mass is 400 g/mol. The number of furan rings is 1. The van der Waals surface area contributed by atoms with Crippen molar-refractivity contribution < 1.29 is 18.7 Å². The molecule has 0 aliphatic heterocycles. The number of ether oxygens (including phenoxy) is 1. The molecule has 0 saturated heterocycles. The quantitative estimate of drug-likeness (QED) is 0.434. The maximum atomic E-state index is 12.5. The van der Waals surface area contributed by atoms with Gasteiger partial charge < -0.3 is 19.8 Å². The number of hydrogen-bond donors (Lipinski definition) is 2. The van der Waals surface area contributed by atoms with Gasteiger partial charge in [-0.2, -0.15) is 0 Å². The molecular weight excluding hydrogens is 380 g/mol. The summed E-state index contributed by atoms with van der Waals surface area (Å²) in [5.74, 6) is -0.237. The van der Waals surface area contributed by atoms with Crippen LogP contribution in [0.3, 0.4) is 0 Å². The molecule has 4 aromatic rings. The maximum Gasteiger partial charge on any atom is 0.340 e. The van der Waals surface area contributed by atoms with Gasteiger partial charge in [-0.05, 0) is 35.7 Å². The van der Waals surface area contributed by atoms with Crippen LogP contribution in [-0.4, -0.2) is 18.5 Å². The van der Waals surface area contributed by atoms with Crippen LogP contribution in [-0.2, 0) is 16.1 Å². The molecule has 0 atom stereocenters. The maximum absolute atomic E-state index is 12.5. The standard InChI is InChI=1S/C24H20N2O4/c27-23(26-22-13-5-8-17-7-1-2-10-19(17)22)16-30-24(28)20-11-3-4-12-21(20)25-15-18-9-6-14-29-18/h1-14,25H,15-16H2,(H,26,27). The average Bonchev–Trinajstić information content (AvgIpc) is 3.30. The lowest BCUT2D eigenvalue weighted by molar-refractivity contribution is -0.119. The second-order valence-electron chi connectivity index (χ2n) is 6.63. The highest BCUT2D eigenvalue weighted by molar-refractivity contribution is 6.03. The number of rotatable bonds is 7. The molecule has 6 heteroatoms. The number of esters is 1. The first-order valence-electron chi connectivity index (χ1n) is 9.51. The van der Waals surface area contributed by atoms with Crippen molar-refractivity contribution in [3.8, 4) is 0 Å². The Bertz CT molecular complexity index is 1160. The molecule has 30 heavy (non-hydrogen) atoms. The van der Waals surface area contributed by atoms with E-state index in [0.29, 0.717) is 23.5 Å². The molecule has 0 aliphatic rings. The zero-order chi connectivity index (χ0) is 20.8. The molecule has 2 N–H and O–H groups in total. The number of amides is 1. The van der Waals surface area contributed by atoms with Gasteiger partial charge in [0.15, 0.2) is 6.61 Å². The minimum Gasteiger partial charge on any atom is -0.467 e. The fourth-order valence-electron chi connectivity index (χ4n) is 3.14. The van der Waals surface area contributed by atoms with Crippen LogP contribution in [0.4, 0.5) is 11.4 Å². The van der Waals surface area contributed by atoms with E-state index in [1.165, 1.54) is 0 Å². The molecule has 0 saturated carbocycles. The van der Waals surface area contributed by atoms with Crippen LogP contribution in [0.2, 0.25) is 0 Å². The Morgan fingerprint density at radius 1 is 0.833 bits per heavy atom. The molecular formula is C24H20N2O4. The summed E-state index contributed by atoms with van der Waals surface area (Å²) < 4.78 is 10.5. The fraction of sp³-hybridized carbons (Fsp3) is 0.0833. The zero-order valence-corrected chi connectivity index (χ0v) is 16.1. The van der Waals surface area contributed by atoms with Gasteiger partial charge in [-0.25, -0.2) is 4.79 Å². The van der Waals surface area contributed by atoms with Crippen molar-refractivity contribution in [2.45, 2.75) is 6.54 Å². The lowest BCUT2D eigenvalue weighted by atomic mass is 10.1. The number of carbonyl (C=O) groups is 2. The summed E-state index contributed by atoms with van der Waals surface area (Å²) in [7, 11) is 0. The summed E-state index contributed by atoms with van der Waals surface area (Å²) in [6.07, 6.45) is 1.59. The van der Waals surface area contributed by atoms with E-state index in [1.54, 1.807) is 30.5 Å². The third-order valence-electron chi connectivity index (χ3n) is 4.58. The van der Waals surface area contributed by atoms with Crippen molar-refractivity contribution in [2.75, 3.05) is 17.2 Å². The van der Waals surface area contributed by atoms with E-state index in [2.05, 4.69) is 10.6 Å². The highest BCUT2D eigenvalue weighted by Gasteiger charge is 2.15. The third-order valence-corrected chi connectivity index (χ3v) is 4.58. The number of benzene rings is 3. The van der Waals surface area contributed by atoms with Gasteiger partial charge in [-0.1, -0.05) is 48.5 Å². The van der Waals surface area contributed by atoms with Gasteiger partial charge in [-0.3, -0.25) is 4.79 Å². The third kappa shape index (κ3) is 4.50. The average molecular weight is 400 g/mol. The van der Waals surface area contributed by atoms with E-state index in [9.17, 15) is 9.59 Å². The highest BCUT2D eigenvalue weighted by atomic mass is 16.5. The van der Waals surface area contributed by atoms with Crippen molar-refractivity contribution in [2.24, 2.45) is 0 Å². The molecule has 0 spiro atoms. The van der Waals surface area contributed by atoms with Crippen molar-refractivity contribution in [3.05, 3.63) is 96.4 Å². The van der Waals surface area contributed by atoms with E-state index in [0.717, 1.165) is 16.5 Å². The summed E-state index contributed by atoms with van der Waals surface area (Å²) in [4.78, 5) is 24.9. The Morgan fingerprint density at radius 3 is 2.47 bits per heavy atom. The molecule has 1 aromatic heterocycles. The minimum absolute atomic E-state index is 0.349. The Kier molecular flexibility index (Phi) is 5.75. The summed E-state index contributed by atoms with van der Waals surface area (Å²) in [5.41, 5.74) is 1.63. The molecule has 150 valence electrons. The van der Waals surface area contributed by atoms with Crippen molar-refractivity contribution in [1.82, 2.24) is 0 Å². The molecule has 1 heterocycles. The number of fused-ring (bicyclic) bond motifs is 1. The van der Waals surface area contributed by atoms with Crippen molar-refractivity contribution >= 4 is 34.0 Å². The Hall–Kier alpha value is -4.06. The topological polar surface area (TPSA) is 80.6 Å². The van der Waals surface area contributed by atoms with Crippen LogP contribution in [0.15, 0.2) is 89.5 Å². The fourth-order valence-corrected chi connectivity index (χ4v) is 3.14. The predicted octanol–water partition coefficient (Wildman–Crippen LogP) is 4.84. The van der Waals surface area contributed by atoms with E-state index >= 15 is 0 Å². The van der Waals surface area contributed by atoms with E-state index in [4.69, 9.17) is 9.15 Å². The molecule has 4 rings (SSSR count). The van der Waals surface area contributed by atoms with Crippen LogP contribution in [0.1, 0.15) is 16.1 Å². The van der Waals surface area contributed by atoms with Gasteiger partial charge in [0, 0.05) is 16.8 Å². The number of anilines is 2. The van der Waals surface area contributed by atoms with Crippen LogP contribution in [0.5, 0.6) is 0 Å². The summed E-state index contributed by atoms with van der Waals surface area (Å²) in [5, 5.41) is 7.90. The molecule has 0 unspecified atom stereocenters. The van der Waals surface area contributed by atoms with Crippen molar-refractivity contribution in [1.29, 1.82) is 0 Å². The van der Waals surface area contributed by atoms with Crippen LogP contribution in [0.25, 0.3) is 10.8 Å². The van der Waals surface area contributed by atoms with Crippen LogP contribution in [0, 0.1) is 0 Å². The number of hydrogen-bond acceptors (Lipinski definition) is 5. The zero-order valence-electron chi connectivity index (χ0n) is 16.1. The van der Waals surface area contributed by atoms with Gasteiger partial charge in [-0.15, -0.1) is 0 Å². The predicted molar refractivity (Wildman–Crippen MR) is 115 cm³/mol. The first-order chi connectivity index (χ1) is 14.7. The number of nitrogens with one attached hydrogen (secondary N) is 2. The van der Waals surface area contributed by atoms with Gasteiger partial charge >= 0.3 is 5.97 Å². The van der Waals surface area contributed by atoms with Gasteiger partial charge in [0.2, 0.25) is 0 Å². The number of carbonyl (C=O) groups excluding carboxylic acids is 2. The molecule has 0 bridgehead atoms. The van der Waals surface area contributed by atoms with E-state index < -0.39 is 11.9 Å². The Morgan fingerprint density at radius 2 is 1.60 bits per heavy atom. The molecule has 1 amide bonds. The second-order valence-corrected chi connectivity index (χ2v) is 6.63. The van der Waals surface area contributed by atoms with Gasteiger partial charge in [0.05, 0.1) is 18.4 Å². The summed E-state index contributed by atoms with van der Waals surface area (Å²) in [6, 6.07) is 24.0. The normalized spacial score (nSPS) is 10.5. The molecule has 3 aromatic carbocycles. The molecule has 0 fully saturated rings. The minimum atomic E-state index is -0.578. The van der Waals surface area contributed by atoms with Crippen LogP contribution >= 0.6 is 0 Å². The first kappa shape index (κ1) is 19.3. The summed E-state index contributed by atoms with van der Waals surface area (Å²) >= 11 is 0. The lowest BCUT2D eigenvalue weighted by Gasteiger charge is -2.12. The van der Waals surface area contributed by atoms with Gasteiger partial charge in [0.1, 0.15) is 5.76 Å². The Labute approximate surface area is 173 Å². The van der Waals surface area contributed by atoms with E-state index in [1.807, 2.05) is 54.6 Å². The SMILES string of the molecule is O=C(COC(=O)c1ccccc1NCc1ccco1)Nc1cccc2ccccc12. The van der Waals surface area contributed by atoms with Crippen molar-refractivity contribution in [3.63, 3.8) is 0 Å². The molecule has 0 radical (unpaired) electrons. The second kappa shape index (κ2) is 8.96. The lowest BCUT2D eigenvalue weighted by Crippen LogP contribution is -2.21. The smallest absolute Gasteiger partial charge is 0.340 e. The van der Waals surface area contributed by atoms with E-state index in [-0.39, 0.29) is 6.61 Å². The Balaban J connectivity index is 1.38.